The predicted molar refractivity (Wildman–Crippen MR) is 35.7 cm³/mol. The summed E-state index contributed by atoms with van der Waals surface area (Å²) in [5.74, 6) is -0.990. The number of ether oxygens (including phenoxy) is 2. The van der Waals surface area contributed by atoms with Crippen molar-refractivity contribution in [1.82, 2.24) is 0 Å². The molecular weight excluding hydrogens is 148 g/mol. The first-order valence-corrected chi connectivity index (χ1v) is 3.45. The van der Waals surface area contributed by atoms with Crippen molar-refractivity contribution in [3.8, 4) is 0 Å². The highest BCUT2D eigenvalue weighted by Gasteiger charge is 2.35. The third kappa shape index (κ3) is 1.69. The minimum Gasteiger partial charge on any atom is -0.461 e. The number of hydrogen-bond donors (Lipinski definition) is 0. The van der Waals surface area contributed by atoms with Gasteiger partial charge in [0, 0.05) is 6.92 Å². The van der Waals surface area contributed by atoms with E-state index in [1.54, 1.807) is 6.92 Å². The van der Waals surface area contributed by atoms with Crippen molar-refractivity contribution in [2.45, 2.75) is 20.0 Å². The lowest BCUT2D eigenvalue weighted by Gasteiger charge is -2.09. The molecule has 2 atom stereocenters. The van der Waals surface area contributed by atoms with Crippen LogP contribution in [0.2, 0.25) is 0 Å². The summed E-state index contributed by atoms with van der Waals surface area (Å²) >= 11 is 0. The molecule has 0 bridgehead atoms. The normalized spacial score (nSPS) is 29.8. The summed E-state index contributed by atoms with van der Waals surface area (Å²) in [4.78, 5) is 21.2. The third-order valence-electron chi connectivity index (χ3n) is 1.64. The van der Waals surface area contributed by atoms with Crippen molar-refractivity contribution in [2.75, 3.05) is 6.61 Å². The SMILES string of the molecule is CC(=O)OC1COC(=O)C1C. The monoisotopic (exact) mass is 158 g/mol. The average molecular weight is 158 g/mol. The van der Waals surface area contributed by atoms with Gasteiger partial charge in [0.2, 0.25) is 0 Å². The molecule has 0 aromatic rings. The van der Waals surface area contributed by atoms with Gasteiger partial charge in [0.1, 0.15) is 12.7 Å². The first kappa shape index (κ1) is 8.04. The summed E-state index contributed by atoms with van der Waals surface area (Å²) in [5, 5.41) is 0. The van der Waals surface area contributed by atoms with Crippen LogP contribution in [0, 0.1) is 5.92 Å². The summed E-state index contributed by atoms with van der Waals surface area (Å²) < 4.78 is 9.47. The summed E-state index contributed by atoms with van der Waals surface area (Å²) in [6.45, 7) is 3.19. The molecule has 4 nitrogen and oxygen atoms in total. The van der Waals surface area contributed by atoms with Crippen LogP contribution in [0.25, 0.3) is 0 Å². The lowest BCUT2D eigenvalue weighted by molar-refractivity contribution is -0.147. The van der Waals surface area contributed by atoms with Gasteiger partial charge in [0.05, 0.1) is 5.92 Å². The second kappa shape index (κ2) is 2.90. The molecule has 2 unspecified atom stereocenters. The Morgan fingerprint density at radius 2 is 2.36 bits per heavy atom. The quantitative estimate of drug-likeness (QED) is 0.508. The Kier molecular flexibility index (Phi) is 2.12. The van der Waals surface area contributed by atoms with Crippen molar-refractivity contribution in [2.24, 2.45) is 5.92 Å². The molecule has 1 rings (SSSR count). The van der Waals surface area contributed by atoms with Crippen molar-refractivity contribution < 1.29 is 19.1 Å². The van der Waals surface area contributed by atoms with E-state index in [4.69, 9.17) is 4.74 Å². The molecule has 0 N–H and O–H groups in total. The van der Waals surface area contributed by atoms with Crippen LogP contribution < -0.4 is 0 Å². The molecule has 0 aliphatic carbocycles. The fourth-order valence-corrected chi connectivity index (χ4v) is 0.941. The van der Waals surface area contributed by atoms with Crippen molar-refractivity contribution in [3.63, 3.8) is 0 Å². The number of rotatable bonds is 1. The number of hydrogen-bond acceptors (Lipinski definition) is 4. The van der Waals surface area contributed by atoms with E-state index < -0.39 is 0 Å². The summed E-state index contributed by atoms with van der Waals surface area (Å²) in [5.41, 5.74) is 0. The Morgan fingerprint density at radius 1 is 1.73 bits per heavy atom. The van der Waals surface area contributed by atoms with Crippen LogP contribution >= 0.6 is 0 Å². The Balaban J connectivity index is 2.48. The first-order valence-electron chi connectivity index (χ1n) is 3.45. The van der Waals surface area contributed by atoms with E-state index in [-0.39, 0.29) is 30.6 Å². The fourth-order valence-electron chi connectivity index (χ4n) is 0.941. The van der Waals surface area contributed by atoms with Gasteiger partial charge in [0.15, 0.2) is 0 Å². The van der Waals surface area contributed by atoms with Gasteiger partial charge in [-0.05, 0) is 6.92 Å². The van der Waals surface area contributed by atoms with Crippen LogP contribution in [0.3, 0.4) is 0 Å². The van der Waals surface area contributed by atoms with Crippen LogP contribution in [0.15, 0.2) is 0 Å². The van der Waals surface area contributed by atoms with E-state index in [0.29, 0.717) is 0 Å². The molecule has 1 aliphatic heterocycles. The molecule has 1 aliphatic rings. The van der Waals surface area contributed by atoms with Gasteiger partial charge in [-0.25, -0.2) is 0 Å². The first-order chi connectivity index (χ1) is 5.11. The standard InChI is InChI=1S/C7H10O4/c1-4-6(11-5(2)8)3-10-7(4)9/h4,6H,3H2,1-2H3. The maximum atomic E-state index is 10.8. The Bertz CT molecular complexity index is 187. The molecule has 4 heteroatoms. The molecule has 1 heterocycles. The molecule has 11 heavy (non-hydrogen) atoms. The molecule has 0 saturated carbocycles. The fraction of sp³-hybridized carbons (Fsp3) is 0.714. The maximum absolute atomic E-state index is 10.8. The van der Waals surface area contributed by atoms with E-state index in [9.17, 15) is 9.59 Å². The third-order valence-corrected chi connectivity index (χ3v) is 1.64. The van der Waals surface area contributed by atoms with Gasteiger partial charge in [0.25, 0.3) is 0 Å². The molecule has 0 amide bonds. The number of esters is 2. The van der Waals surface area contributed by atoms with Crippen LogP contribution in [0.1, 0.15) is 13.8 Å². The van der Waals surface area contributed by atoms with Gasteiger partial charge >= 0.3 is 11.9 Å². The van der Waals surface area contributed by atoms with E-state index in [1.807, 2.05) is 0 Å². The Morgan fingerprint density at radius 3 is 2.73 bits per heavy atom. The largest absolute Gasteiger partial charge is 0.461 e. The topological polar surface area (TPSA) is 52.6 Å². The molecule has 0 aromatic heterocycles. The second-order valence-corrected chi connectivity index (χ2v) is 2.57. The molecule has 62 valence electrons. The summed E-state index contributed by atoms with van der Waals surface area (Å²) in [6, 6.07) is 0. The molecule has 1 saturated heterocycles. The highest BCUT2D eigenvalue weighted by atomic mass is 16.6. The number of carbonyl (C=O) groups excluding carboxylic acids is 2. The Labute approximate surface area is 64.5 Å². The van der Waals surface area contributed by atoms with Crippen LogP contribution in [-0.2, 0) is 19.1 Å². The molecule has 0 spiro atoms. The van der Waals surface area contributed by atoms with Crippen LogP contribution in [0.5, 0.6) is 0 Å². The highest BCUT2D eigenvalue weighted by Crippen LogP contribution is 2.17. The summed E-state index contributed by atoms with van der Waals surface area (Å²) in [7, 11) is 0. The zero-order valence-electron chi connectivity index (χ0n) is 6.49. The van der Waals surface area contributed by atoms with E-state index >= 15 is 0 Å². The molecule has 1 fully saturated rings. The smallest absolute Gasteiger partial charge is 0.312 e. The van der Waals surface area contributed by atoms with E-state index in [2.05, 4.69) is 4.74 Å². The predicted octanol–water partition coefficient (Wildman–Crippen LogP) is 0.111. The summed E-state index contributed by atoms with van der Waals surface area (Å²) in [6.07, 6.45) is -0.389. The highest BCUT2D eigenvalue weighted by molar-refractivity contribution is 5.75. The lowest BCUT2D eigenvalue weighted by Crippen LogP contribution is -2.23. The zero-order chi connectivity index (χ0) is 8.43. The van der Waals surface area contributed by atoms with Crippen LogP contribution in [0.4, 0.5) is 0 Å². The van der Waals surface area contributed by atoms with E-state index in [1.165, 1.54) is 6.92 Å². The van der Waals surface area contributed by atoms with Gasteiger partial charge in [-0.15, -0.1) is 0 Å². The minimum atomic E-state index is -0.389. The average Bonchev–Trinajstić information content (AvgIpc) is 2.18. The molecule has 0 radical (unpaired) electrons. The second-order valence-electron chi connectivity index (χ2n) is 2.57. The van der Waals surface area contributed by atoms with Crippen molar-refractivity contribution in [1.29, 1.82) is 0 Å². The van der Waals surface area contributed by atoms with Gasteiger partial charge in [-0.3, -0.25) is 9.59 Å². The van der Waals surface area contributed by atoms with Gasteiger partial charge in [-0.2, -0.15) is 0 Å². The maximum Gasteiger partial charge on any atom is 0.312 e. The molecule has 0 aromatic carbocycles. The number of carbonyl (C=O) groups is 2. The van der Waals surface area contributed by atoms with Crippen molar-refractivity contribution >= 4 is 11.9 Å². The molecular formula is C7H10O4. The zero-order valence-corrected chi connectivity index (χ0v) is 6.49. The van der Waals surface area contributed by atoms with Gasteiger partial charge in [-0.1, -0.05) is 0 Å². The Hall–Kier alpha value is -1.06. The minimum absolute atomic E-state index is 0.194. The number of cyclic esters (lactones) is 1. The van der Waals surface area contributed by atoms with Crippen molar-refractivity contribution in [3.05, 3.63) is 0 Å². The lowest BCUT2D eigenvalue weighted by atomic mass is 10.1. The van der Waals surface area contributed by atoms with Gasteiger partial charge < -0.3 is 9.47 Å². The van der Waals surface area contributed by atoms with Crippen LogP contribution in [-0.4, -0.2) is 24.6 Å². The van der Waals surface area contributed by atoms with E-state index in [0.717, 1.165) is 0 Å².